The molecule has 0 radical (unpaired) electrons. The second-order valence-corrected chi connectivity index (χ2v) is 6.71. The van der Waals surface area contributed by atoms with Crippen molar-refractivity contribution in [1.82, 2.24) is 0 Å². The van der Waals surface area contributed by atoms with E-state index >= 15 is 0 Å². The van der Waals surface area contributed by atoms with Gasteiger partial charge in [0.25, 0.3) is 0 Å². The van der Waals surface area contributed by atoms with Crippen LogP contribution in [0.25, 0.3) is 0 Å². The van der Waals surface area contributed by atoms with E-state index < -0.39 is 0 Å². The predicted octanol–water partition coefficient (Wildman–Crippen LogP) is 5.17. The van der Waals surface area contributed by atoms with Gasteiger partial charge in [0.15, 0.2) is 11.5 Å². The maximum Gasteiger partial charge on any atom is 0.161 e. The molecule has 2 atom stereocenters. The molecular formula is C20H32O3. The van der Waals surface area contributed by atoms with Crippen LogP contribution in [0.3, 0.4) is 0 Å². The summed E-state index contributed by atoms with van der Waals surface area (Å²) in [6.45, 7) is 4.57. The molecule has 0 bridgehead atoms. The van der Waals surface area contributed by atoms with Gasteiger partial charge in [0, 0.05) is 7.11 Å². The smallest absolute Gasteiger partial charge is 0.161 e. The molecule has 0 fully saturated rings. The maximum atomic E-state index is 5.88. The summed E-state index contributed by atoms with van der Waals surface area (Å²) >= 11 is 0. The van der Waals surface area contributed by atoms with E-state index in [0.717, 1.165) is 23.8 Å². The molecule has 2 rings (SSSR count). The van der Waals surface area contributed by atoms with Crippen molar-refractivity contribution in [2.75, 3.05) is 21.3 Å². The number of fused-ring (bicyclic) bond motifs is 1. The van der Waals surface area contributed by atoms with Gasteiger partial charge in [-0.1, -0.05) is 39.5 Å². The number of methoxy groups -OCH3 is 3. The lowest BCUT2D eigenvalue weighted by Gasteiger charge is -2.24. The van der Waals surface area contributed by atoms with E-state index in [9.17, 15) is 0 Å². The van der Waals surface area contributed by atoms with Crippen molar-refractivity contribution in [3.63, 3.8) is 0 Å². The number of ether oxygens (including phenoxy) is 3. The highest BCUT2D eigenvalue weighted by atomic mass is 16.5. The number of rotatable bonds is 9. The van der Waals surface area contributed by atoms with Gasteiger partial charge in [0.05, 0.1) is 20.3 Å². The van der Waals surface area contributed by atoms with Gasteiger partial charge in [0.1, 0.15) is 0 Å². The van der Waals surface area contributed by atoms with Gasteiger partial charge in [-0.3, -0.25) is 0 Å². The largest absolute Gasteiger partial charge is 0.493 e. The third kappa shape index (κ3) is 4.00. The second-order valence-electron chi connectivity index (χ2n) is 6.71. The Kier molecular flexibility index (Phi) is 6.76. The Morgan fingerprint density at radius 1 is 1.00 bits per heavy atom. The van der Waals surface area contributed by atoms with Gasteiger partial charge >= 0.3 is 0 Å². The van der Waals surface area contributed by atoms with Crippen LogP contribution in [-0.2, 0) is 11.2 Å². The molecule has 0 aliphatic heterocycles. The molecule has 2 unspecified atom stereocenters. The van der Waals surface area contributed by atoms with Crippen LogP contribution in [0.4, 0.5) is 0 Å². The Morgan fingerprint density at radius 2 is 1.61 bits per heavy atom. The Labute approximate surface area is 141 Å². The van der Waals surface area contributed by atoms with Crippen LogP contribution in [0, 0.1) is 11.8 Å². The fraction of sp³-hybridized carbons (Fsp3) is 0.700. The highest BCUT2D eigenvalue weighted by Gasteiger charge is 2.35. The number of benzene rings is 1. The van der Waals surface area contributed by atoms with Gasteiger partial charge in [-0.05, 0) is 47.9 Å². The molecule has 23 heavy (non-hydrogen) atoms. The summed E-state index contributed by atoms with van der Waals surface area (Å²) in [5.74, 6) is 2.99. The molecule has 0 spiro atoms. The van der Waals surface area contributed by atoms with Crippen molar-refractivity contribution in [3.05, 3.63) is 23.3 Å². The quantitative estimate of drug-likeness (QED) is 0.628. The first kappa shape index (κ1) is 18.1. The molecule has 1 aromatic carbocycles. The van der Waals surface area contributed by atoms with Gasteiger partial charge in [-0.25, -0.2) is 0 Å². The lowest BCUT2D eigenvalue weighted by Crippen LogP contribution is -2.15. The first-order valence-corrected chi connectivity index (χ1v) is 8.95. The topological polar surface area (TPSA) is 27.7 Å². The van der Waals surface area contributed by atoms with E-state index in [2.05, 4.69) is 26.0 Å². The molecule has 1 aliphatic carbocycles. The van der Waals surface area contributed by atoms with Crippen molar-refractivity contribution in [1.29, 1.82) is 0 Å². The van der Waals surface area contributed by atoms with Crippen molar-refractivity contribution < 1.29 is 14.2 Å². The minimum Gasteiger partial charge on any atom is -0.493 e. The normalized spacial score (nSPS) is 19.9. The third-order valence-electron chi connectivity index (χ3n) is 5.15. The van der Waals surface area contributed by atoms with Crippen molar-refractivity contribution in [3.8, 4) is 11.5 Å². The van der Waals surface area contributed by atoms with E-state index in [4.69, 9.17) is 14.2 Å². The summed E-state index contributed by atoms with van der Waals surface area (Å²) in [7, 11) is 5.22. The lowest BCUT2D eigenvalue weighted by atomic mass is 9.85. The van der Waals surface area contributed by atoms with E-state index in [1.807, 2.05) is 7.11 Å². The second kappa shape index (κ2) is 8.58. The lowest BCUT2D eigenvalue weighted by molar-refractivity contribution is 0.0508. The molecule has 3 nitrogen and oxygen atoms in total. The van der Waals surface area contributed by atoms with Crippen molar-refractivity contribution >= 4 is 0 Å². The Morgan fingerprint density at radius 3 is 2.13 bits per heavy atom. The van der Waals surface area contributed by atoms with Gasteiger partial charge in [0.2, 0.25) is 0 Å². The standard InChI is InChI=1S/C20H32O3/c1-6-8-14(9-7-2)10-16-11-15-12-18(21-3)19(22-4)13-17(15)20(16)23-5/h12-14,16,20H,6-11H2,1-5H3. The third-order valence-corrected chi connectivity index (χ3v) is 5.15. The first-order valence-electron chi connectivity index (χ1n) is 8.95. The van der Waals surface area contributed by atoms with Crippen LogP contribution >= 0.6 is 0 Å². The first-order chi connectivity index (χ1) is 11.2. The van der Waals surface area contributed by atoms with E-state index in [1.54, 1.807) is 14.2 Å². The Hall–Kier alpha value is -1.22. The number of hydrogen-bond donors (Lipinski definition) is 0. The predicted molar refractivity (Wildman–Crippen MR) is 94.4 cm³/mol. The van der Waals surface area contributed by atoms with Crippen LogP contribution in [0.15, 0.2) is 12.1 Å². The van der Waals surface area contributed by atoms with Gasteiger partial charge in [-0.2, -0.15) is 0 Å². The monoisotopic (exact) mass is 320 g/mol. The summed E-state index contributed by atoms with van der Waals surface area (Å²) < 4.78 is 16.8. The fourth-order valence-electron chi connectivity index (χ4n) is 4.17. The summed E-state index contributed by atoms with van der Waals surface area (Å²) in [5.41, 5.74) is 2.63. The summed E-state index contributed by atoms with van der Waals surface area (Å²) in [6, 6.07) is 4.24. The van der Waals surface area contributed by atoms with E-state index in [-0.39, 0.29) is 6.10 Å². The molecular weight excluding hydrogens is 288 g/mol. The maximum absolute atomic E-state index is 5.88. The van der Waals surface area contributed by atoms with Crippen LogP contribution in [0.1, 0.15) is 63.2 Å². The molecule has 130 valence electrons. The zero-order valence-corrected chi connectivity index (χ0v) is 15.4. The van der Waals surface area contributed by atoms with Gasteiger partial charge < -0.3 is 14.2 Å². The SMILES string of the molecule is CCCC(CCC)CC1Cc2cc(OC)c(OC)cc2C1OC. The molecule has 1 aliphatic rings. The molecule has 1 aromatic rings. The van der Waals surface area contributed by atoms with Crippen molar-refractivity contribution in [2.24, 2.45) is 11.8 Å². The Balaban J connectivity index is 2.21. The molecule has 0 saturated carbocycles. The fourth-order valence-corrected chi connectivity index (χ4v) is 4.17. The average Bonchev–Trinajstić information content (AvgIpc) is 2.89. The molecule has 0 saturated heterocycles. The minimum absolute atomic E-state index is 0.181. The zero-order chi connectivity index (χ0) is 16.8. The highest BCUT2D eigenvalue weighted by Crippen LogP contribution is 2.46. The van der Waals surface area contributed by atoms with Crippen LogP contribution in [0.5, 0.6) is 11.5 Å². The van der Waals surface area contributed by atoms with Gasteiger partial charge in [-0.15, -0.1) is 0 Å². The average molecular weight is 320 g/mol. The molecule has 3 heteroatoms. The molecule has 0 heterocycles. The highest BCUT2D eigenvalue weighted by molar-refractivity contribution is 5.50. The summed E-state index contributed by atoms with van der Waals surface area (Å²) in [5, 5.41) is 0. The number of hydrogen-bond acceptors (Lipinski definition) is 3. The molecule has 0 N–H and O–H groups in total. The zero-order valence-electron chi connectivity index (χ0n) is 15.4. The summed E-state index contributed by atoms with van der Waals surface area (Å²) in [6.07, 6.45) is 7.69. The van der Waals surface area contributed by atoms with Crippen LogP contribution < -0.4 is 9.47 Å². The van der Waals surface area contributed by atoms with E-state index in [0.29, 0.717) is 5.92 Å². The molecule has 0 aromatic heterocycles. The van der Waals surface area contributed by atoms with Crippen molar-refractivity contribution in [2.45, 2.75) is 58.5 Å². The van der Waals surface area contributed by atoms with E-state index in [1.165, 1.54) is 43.2 Å². The molecule has 0 amide bonds. The Bertz CT molecular complexity index is 492. The van der Waals surface area contributed by atoms with Crippen LogP contribution in [0.2, 0.25) is 0 Å². The van der Waals surface area contributed by atoms with Crippen LogP contribution in [-0.4, -0.2) is 21.3 Å². The minimum atomic E-state index is 0.181. The summed E-state index contributed by atoms with van der Waals surface area (Å²) in [4.78, 5) is 0.